The molecule has 1 aromatic carbocycles. The number of hydrogen-bond donors (Lipinski definition) is 2. The van der Waals surface area contributed by atoms with Gasteiger partial charge < -0.3 is 15.2 Å². The molecule has 0 fully saturated rings. The van der Waals surface area contributed by atoms with Gasteiger partial charge in [-0.2, -0.15) is 0 Å². The van der Waals surface area contributed by atoms with Gasteiger partial charge >= 0.3 is 5.97 Å². The Morgan fingerprint density at radius 2 is 1.95 bits per heavy atom. The standard InChI is InChI=1S/C15H14N2O4/c1-21-13-8-10(6-7-16-13)9-17-14(18)11-4-2-3-5-12(11)15(19)20/h2-8H,9H2,1H3,(H,17,18)(H,19,20). The second-order valence-corrected chi connectivity index (χ2v) is 4.24. The van der Waals surface area contributed by atoms with Crippen LogP contribution in [-0.2, 0) is 6.54 Å². The number of nitrogens with one attached hydrogen (secondary N) is 1. The minimum Gasteiger partial charge on any atom is -0.481 e. The van der Waals surface area contributed by atoms with E-state index in [4.69, 9.17) is 9.84 Å². The van der Waals surface area contributed by atoms with Gasteiger partial charge in [0.2, 0.25) is 5.88 Å². The fourth-order valence-electron chi connectivity index (χ4n) is 1.82. The third-order valence-corrected chi connectivity index (χ3v) is 2.86. The number of ether oxygens (including phenoxy) is 1. The third kappa shape index (κ3) is 3.56. The molecule has 0 aliphatic carbocycles. The van der Waals surface area contributed by atoms with Gasteiger partial charge in [-0.05, 0) is 23.8 Å². The monoisotopic (exact) mass is 286 g/mol. The van der Waals surface area contributed by atoms with Crippen LogP contribution in [0.1, 0.15) is 26.3 Å². The fourth-order valence-corrected chi connectivity index (χ4v) is 1.82. The number of pyridine rings is 1. The summed E-state index contributed by atoms with van der Waals surface area (Å²) in [5.41, 5.74) is 0.913. The Kier molecular flexibility index (Phi) is 4.50. The first kappa shape index (κ1) is 14.5. The Morgan fingerprint density at radius 1 is 1.24 bits per heavy atom. The van der Waals surface area contributed by atoms with Gasteiger partial charge in [0.05, 0.1) is 18.2 Å². The SMILES string of the molecule is COc1cc(CNC(=O)c2ccccc2C(=O)O)ccn1. The largest absolute Gasteiger partial charge is 0.481 e. The van der Waals surface area contributed by atoms with E-state index in [0.717, 1.165) is 5.56 Å². The van der Waals surface area contributed by atoms with Crippen LogP contribution in [0.15, 0.2) is 42.6 Å². The van der Waals surface area contributed by atoms with Crippen LogP contribution >= 0.6 is 0 Å². The number of rotatable bonds is 5. The van der Waals surface area contributed by atoms with Crippen molar-refractivity contribution < 1.29 is 19.4 Å². The molecule has 6 nitrogen and oxygen atoms in total. The van der Waals surface area contributed by atoms with Gasteiger partial charge in [-0.3, -0.25) is 4.79 Å². The van der Waals surface area contributed by atoms with Gasteiger partial charge in [0.1, 0.15) is 0 Å². The molecule has 0 bridgehead atoms. The zero-order valence-electron chi connectivity index (χ0n) is 11.4. The molecule has 0 saturated carbocycles. The average molecular weight is 286 g/mol. The topological polar surface area (TPSA) is 88.5 Å². The second-order valence-electron chi connectivity index (χ2n) is 4.24. The fraction of sp³-hybridized carbons (Fsp3) is 0.133. The van der Waals surface area contributed by atoms with E-state index in [2.05, 4.69) is 10.3 Å². The minimum atomic E-state index is -1.13. The summed E-state index contributed by atoms with van der Waals surface area (Å²) in [5.74, 6) is -1.12. The van der Waals surface area contributed by atoms with E-state index in [1.165, 1.54) is 19.2 Å². The van der Waals surface area contributed by atoms with Gasteiger partial charge in [0, 0.05) is 18.8 Å². The zero-order chi connectivity index (χ0) is 15.2. The Balaban J connectivity index is 2.10. The lowest BCUT2D eigenvalue weighted by molar-refractivity contribution is 0.0691. The summed E-state index contributed by atoms with van der Waals surface area (Å²) in [6, 6.07) is 9.51. The molecule has 2 aromatic rings. The lowest BCUT2D eigenvalue weighted by Crippen LogP contribution is -2.24. The number of carboxylic acids is 1. The van der Waals surface area contributed by atoms with Crippen LogP contribution in [0.5, 0.6) is 5.88 Å². The van der Waals surface area contributed by atoms with E-state index in [-0.39, 0.29) is 17.7 Å². The van der Waals surface area contributed by atoms with Gasteiger partial charge in [-0.1, -0.05) is 12.1 Å². The molecule has 0 spiro atoms. The molecule has 1 amide bonds. The van der Waals surface area contributed by atoms with Crippen LogP contribution in [0.4, 0.5) is 0 Å². The van der Waals surface area contributed by atoms with Crippen molar-refractivity contribution in [1.29, 1.82) is 0 Å². The number of carbonyl (C=O) groups is 2. The highest BCUT2D eigenvalue weighted by molar-refractivity contribution is 6.04. The van der Waals surface area contributed by atoms with Crippen LogP contribution in [0.3, 0.4) is 0 Å². The lowest BCUT2D eigenvalue weighted by atomic mass is 10.1. The maximum atomic E-state index is 12.1. The number of benzene rings is 1. The first-order valence-electron chi connectivity index (χ1n) is 6.21. The number of amides is 1. The summed E-state index contributed by atoms with van der Waals surface area (Å²) >= 11 is 0. The predicted octanol–water partition coefficient (Wildman–Crippen LogP) is 1.72. The molecule has 1 heterocycles. The van der Waals surface area contributed by atoms with Crippen molar-refractivity contribution in [2.45, 2.75) is 6.54 Å². The summed E-state index contributed by atoms with van der Waals surface area (Å²) < 4.78 is 5.00. The quantitative estimate of drug-likeness (QED) is 0.873. The summed E-state index contributed by atoms with van der Waals surface area (Å²) in [4.78, 5) is 27.1. The van der Waals surface area contributed by atoms with Gasteiger partial charge in [0.15, 0.2) is 0 Å². The maximum absolute atomic E-state index is 12.1. The highest BCUT2D eigenvalue weighted by atomic mass is 16.5. The summed E-state index contributed by atoms with van der Waals surface area (Å²) in [7, 11) is 1.51. The van der Waals surface area contributed by atoms with Crippen molar-refractivity contribution in [2.75, 3.05) is 7.11 Å². The highest BCUT2D eigenvalue weighted by Crippen LogP contribution is 2.11. The Morgan fingerprint density at radius 3 is 2.62 bits per heavy atom. The number of carbonyl (C=O) groups excluding carboxylic acids is 1. The Labute approximate surface area is 121 Å². The number of methoxy groups -OCH3 is 1. The molecule has 2 N–H and O–H groups in total. The Hall–Kier alpha value is -2.89. The van der Waals surface area contributed by atoms with Crippen LogP contribution in [0.2, 0.25) is 0 Å². The molecular weight excluding hydrogens is 272 g/mol. The van der Waals surface area contributed by atoms with E-state index in [9.17, 15) is 9.59 Å². The van der Waals surface area contributed by atoms with Crippen molar-refractivity contribution in [3.63, 3.8) is 0 Å². The van der Waals surface area contributed by atoms with E-state index >= 15 is 0 Å². The van der Waals surface area contributed by atoms with Crippen molar-refractivity contribution in [3.8, 4) is 5.88 Å². The van der Waals surface area contributed by atoms with Crippen LogP contribution in [0, 0.1) is 0 Å². The average Bonchev–Trinajstić information content (AvgIpc) is 2.52. The van der Waals surface area contributed by atoms with E-state index in [0.29, 0.717) is 5.88 Å². The highest BCUT2D eigenvalue weighted by Gasteiger charge is 2.15. The van der Waals surface area contributed by atoms with Crippen molar-refractivity contribution in [2.24, 2.45) is 0 Å². The Bertz CT molecular complexity index is 670. The summed E-state index contributed by atoms with van der Waals surface area (Å²) in [6.07, 6.45) is 1.57. The van der Waals surface area contributed by atoms with Crippen LogP contribution in [0.25, 0.3) is 0 Å². The van der Waals surface area contributed by atoms with Gasteiger partial charge in [0.25, 0.3) is 5.91 Å². The van der Waals surface area contributed by atoms with Gasteiger partial charge in [-0.15, -0.1) is 0 Å². The van der Waals surface area contributed by atoms with E-state index in [1.54, 1.807) is 30.5 Å². The number of aromatic carboxylic acids is 1. The normalized spacial score (nSPS) is 9.95. The first-order valence-corrected chi connectivity index (χ1v) is 6.21. The smallest absolute Gasteiger partial charge is 0.336 e. The number of carboxylic acid groups (broad SMARTS) is 1. The second kappa shape index (κ2) is 6.51. The summed E-state index contributed by atoms with van der Waals surface area (Å²) in [5, 5.41) is 11.7. The molecule has 6 heteroatoms. The molecule has 108 valence electrons. The zero-order valence-corrected chi connectivity index (χ0v) is 11.4. The molecule has 21 heavy (non-hydrogen) atoms. The molecule has 0 atom stereocenters. The van der Waals surface area contributed by atoms with Gasteiger partial charge in [-0.25, -0.2) is 9.78 Å². The van der Waals surface area contributed by atoms with Crippen molar-refractivity contribution in [3.05, 3.63) is 59.3 Å². The molecule has 0 aliphatic rings. The van der Waals surface area contributed by atoms with E-state index in [1.807, 2.05) is 0 Å². The summed E-state index contributed by atoms with van der Waals surface area (Å²) in [6.45, 7) is 0.256. The molecule has 0 unspecified atom stereocenters. The molecule has 2 rings (SSSR count). The molecule has 0 aliphatic heterocycles. The first-order chi connectivity index (χ1) is 10.1. The molecule has 0 saturated heterocycles. The molecule has 0 radical (unpaired) electrons. The number of hydrogen-bond acceptors (Lipinski definition) is 4. The number of nitrogens with zero attached hydrogens (tertiary/aromatic N) is 1. The van der Waals surface area contributed by atoms with Crippen molar-refractivity contribution >= 4 is 11.9 Å². The third-order valence-electron chi connectivity index (χ3n) is 2.86. The maximum Gasteiger partial charge on any atom is 0.336 e. The number of aromatic nitrogens is 1. The van der Waals surface area contributed by atoms with Crippen molar-refractivity contribution in [1.82, 2.24) is 10.3 Å². The molecular formula is C15H14N2O4. The van der Waals surface area contributed by atoms with Crippen LogP contribution in [-0.4, -0.2) is 29.1 Å². The minimum absolute atomic E-state index is 0.0256. The van der Waals surface area contributed by atoms with Crippen LogP contribution < -0.4 is 10.1 Å². The lowest BCUT2D eigenvalue weighted by Gasteiger charge is -2.08. The van der Waals surface area contributed by atoms with E-state index < -0.39 is 11.9 Å². The predicted molar refractivity (Wildman–Crippen MR) is 75.4 cm³/mol. The molecule has 1 aromatic heterocycles.